The molecule has 0 unspecified atom stereocenters. The van der Waals surface area contributed by atoms with Gasteiger partial charge in [0.05, 0.1) is 5.75 Å². The minimum Gasteiger partial charge on any atom is -0.274 e. The SMILES string of the molecule is CCCCCCCCCCCCC(=O)NS(=O)(=O)CCCCC. The number of nitrogens with one attached hydrogen (secondary N) is 1. The topological polar surface area (TPSA) is 63.2 Å². The minimum absolute atomic E-state index is 0.0601. The van der Waals surface area contributed by atoms with Crippen LogP contribution in [0.4, 0.5) is 0 Å². The molecule has 0 atom stereocenters. The molecule has 0 aromatic carbocycles. The average molecular weight is 348 g/mol. The van der Waals surface area contributed by atoms with Crippen molar-refractivity contribution >= 4 is 15.9 Å². The van der Waals surface area contributed by atoms with Crippen LogP contribution in [0.25, 0.3) is 0 Å². The molecular weight excluding hydrogens is 310 g/mol. The first-order chi connectivity index (χ1) is 11.0. The second kappa shape index (κ2) is 15.0. The first-order valence-corrected chi connectivity index (χ1v) is 11.2. The molecule has 0 fully saturated rings. The predicted molar refractivity (Wildman–Crippen MR) is 97.9 cm³/mol. The molecule has 1 N–H and O–H groups in total. The van der Waals surface area contributed by atoms with Gasteiger partial charge in [-0.25, -0.2) is 8.42 Å². The lowest BCUT2D eigenvalue weighted by atomic mass is 10.1. The van der Waals surface area contributed by atoms with Crippen molar-refractivity contribution in [3.63, 3.8) is 0 Å². The maximum absolute atomic E-state index is 11.7. The van der Waals surface area contributed by atoms with Gasteiger partial charge in [0.2, 0.25) is 15.9 Å². The molecular formula is C18H37NO3S. The Morgan fingerprint density at radius 1 is 0.696 bits per heavy atom. The fourth-order valence-electron chi connectivity index (χ4n) is 2.59. The van der Waals surface area contributed by atoms with Crippen molar-refractivity contribution in [1.29, 1.82) is 0 Å². The van der Waals surface area contributed by atoms with Crippen LogP contribution in [-0.2, 0) is 14.8 Å². The monoisotopic (exact) mass is 347 g/mol. The van der Waals surface area contributed by atoms with Crippen molar-refractivity contribution in [3.05, 3.63) is 0 Å². The summed E-state index contributed by atoms with van der Waals surface area (Å²) in [4.78, 5) is 11.6. The van der Waals surface area contributed by atoms with Gasteiger partial charge in [-0.3, -0.25) is 9.52 Å². The van der Waals surface area contributed by atoms with Crippen molar-refractivity contribution in [1.82, 2.24) is 4.72 Å². The van der Waals surface area contributed by atoms with Gasteiger partial charge in [0.25, 0.3) is 0 Å². The molecule has 5 heteroatoms. The van der Waals surface area contributed by atoms with Crippen molar-refractivity contribution in [2.45, 2.75) is 104 Å². The van der Waals surface area contributed by atoms with E-state index in [4.69, 9.17) is 0 Å². The number of carbonyl (C=O) groups is 1. The smallest absolute Gasteiger partial charge is 0.234 e. The van der Waals surface area contributed by atoms with Gasteiger partial charge in [-0.05, 0) is 12.8 Å². The van der Waals surface area contributed by atoms with E-state index in [1.54, 1.807) is 0 Å². The predicted octanol–water partition coefficient (Wildman–Crippen LogP) is 4.93. The fourth-order valence-corrected chi connectivity index (χ4v) is 3.73. The van der Waals surface area contributed by atoms with Crippen LogP contribution in [0, 0.1) is 0 Å². The van der Waals surface area contributed by atoms with Gasteiger partial charge in [0.15, 0.2) is 0 Å². The molecule has 0 aromatic rings. The van der Waals surface area contributed by atoms with E-state index in [1.165, 1.54) is 44.9 Å². The molecule has 0 saturated carbocycles. The van der Waals surface area contributed by atoms with E-state index in [-0.39, 0.29) is 11.7 Å². The summed E-state index contributed by atoms with van der Waals surface area (Å²) >= 11 is 0. The summed E-state index contributed by atoms with van der Waals surface area (Å²) in [6, 6.07) is 0. The molecule has 0 aliphatic heterocycles. The third kappa shape index (κ3) is 16.1. The van der Waals surface area contributed by atoms with E-state index in [0.717, 1.165) is 32.1 Å². The molecule has 1 amide bonds. The van der Waals surface area contributed by atoms with Crippen LogP contribution in [0.5, 0.6) is 0 Å². The van der Waals surface area contributed by atoms with Crippen molar-refractivity contribution in [2.24, 2.45) is 0 Å². The van der Waals surface area contributed by atoms with Gasteiger partial charge >= 0.3 is 0 Å². The molecule has 0 rings (SSSR count). The van der Waals surface area contributed by atoms with Gasteiger partial charge in [-0.1, -0.05) is 84.5 Å². The highest BCUT2D eigenvalue weighted by atomic mass is 32.2. The number of hydrogen-bond donors (Lipinski definition) is 1. The Hall–Kier alpha value is -0.580. The van der Waals surface area contributed by atoms with Gasteiger partial charge < -0.3 is 0 Å². The Kier molecular flexibility index (Phi) is 14.6. The summed E-state index contributed by atoms with van der Waals surface area (Å²) in [5, 5.41) is 0. The molecule has 0 bridgehead atoms. The molecule has 0 radical (unpaired) electrons. The zero-order valence-electron chi connectivity index (χ0n) is 15.2. The first-order valence-electron chi connectivity index (χ1n) is 9.55. The molecule has 4 nitrogen and oxygen atoms in total. The third-order valence-corrected chi connectivity index (χ3v) is 5.41. The Morgan fingerprint density at radius 2 is 1.13 bits per heavy atom. The van der Waals surface area contributed by atoms with Crippen LogP contribution >= 0.6 is 0 Å². The number of unbranched alkanes of at least 4 members (excludes halogenated alkanes) is 11. The summed E-state index contributed by atoms with van der Waals surface area (Å²) in [7, 11) is -3.42. The van der Waals surface area contributed by atoms with E-state index < -0.39 is 10.0 Å². The first kappa shape index (κ1) is 22.4. The zero-order chi connectivity index (χ0) is 17.4. The molecule has 0 saturated heterocycles. The molecule has 138 valence electrons. The van der Waals surface area contributed by atoms with Crippen LogP contribution in [0.15, 0.2) is 0 Å². The summed E-state index contributed by atoms with van der Waals surface area (Å²) in [6.45, 7) is 4.25. The Balaban J connectivity index is 3.49. The molecule has 0 aromatic heterocycles. The molecule has 0 aliphatic rings. The second-order valence-electron chi connectivity index (χ2n) is 6.48. The number of sulfonamides is 1. The minimum atomic E-state index is -3.42. The normalized spacial score (nSPS) is 11.6. The summed E-state index contributed by atoms with van der Waals surface area (Å²) in [5.74, 6) is -0.286. The van der Waals surface area contributed by atoms with Crippen LogP contribution in [0.2, 0.25) is 0 Å². The van der Waals surface area contributed by atoms with Crippen molar-refractivity contribution in [3.8, 4) is 0 Å². The van der Waals surface area contributed by atoms with Crippen molar-refractivity contribution in [2.75, 3.05) is 5.75 Å². The lowest BCUT2D eigenvalue weighted by Crippen LogP contribution is -2.32. The summed E-state index contributed by atoms with van der Waals surface area (Å²) in [5.41, 5.74) is 0. The summed E-state index contributed by atoms with van der Waals surface area (Å²) < 4.78 is 25.5. The number of amides is 1. The van der Waals surface area contributed by atoms with Gasteiger partial charge in [0, 0.05) is 6.42 Å². The maximum Gasteiger partial charge on any atom is 0.234 e. The lowest BCUT2D eigenvalue weighted by Gasteiger charge is -2.06. The van der Waals surface area contributed by atoms with E-state index in [9.17, 15) is 13.2 Å². The maximum atomic E-state index is 11.7. The lowest BCUT2D eigenvalue weighted by molar-refractivity contribution is -0.119. The van der Waals surface area contributed by atoms with Gasteiger partial charge in [-0.2, -0.15) is 0 Å². The van der Waals surface area contributed by atoms with E-state index in [0.29, 0.717) is 12.8 Å². The van der Waals surface area contributed by atoms with E-state index in [1.807, 2.05) is 6.92 Å². The van der Waals surface area contributed by atoms with Crippen LogP contribution in [0.3, 0.4) is 0 Å². The number of hydrogen-bond acceptors (Lipinski definition) is 3. The Bertz CT molecular complexity index is 380. The highest BCUT2D eigenvalue weighted by molar-refractivity contribution is 7.90. The second-order valence-corrected chi connectivity index (χ2v) is 8.33. The van der Waals surface area contributed by atoms with Crippen molar-refractivity contribution < 1.29 is 13.2 Å². The standard InChI is InChI=1S/C18H37NO3S/c1-3-5-7-8-9-10-11-12-13-14-16-18(20)19-23(21,22)17-15-6-4-2/h3-17H2,1-2H3,(H,19,20). The fraction of sp³-hybridized carbons (Fsp3) is 0.944. The number of rotatable bonds is 16. The number of carbonyl (C=O) groups excluding carboxylic acids is 1. The van der Waals surface area contributed by atoms with Crippen LogP contribution < -0.4 is 4.72 Å². The molecule has 0 spiro atoms. The third-order valence-electron chi connectivity index (χ3n) is 4.04. The zero-order valence-corrected chi connectivity index (χ0v) is 16.1. The van der Waals surface area contributed by atoms with Gasteiger partial charge in [-0.15, -0.1) is 0 Å². The molecule has 23 heavy (non-hydrogen) atoms. The highest BCUT2D eigenvalue weighted by Crippen LogP contribution is 2.11. The average Bonchev–Trinajstić information content (AvgIpc) is 2.48. The largest absolute Gasteiger partial charge is 0.274 e. The van der Waals surface area contributed by atoms with E-state index in [2.05, 4.69) is 11.6 Å². The summed E-state index contributed by atoms with van der Waals surface area (Å²) in [6.07, 6.45) is 14.9. The van der Waals surface area contributed by atoms with Crippen LogP contribution in [-0.4, -0.2) is 20.1 Å². The Labute approximate surface area is 143 Å². The van der Waals surface area contributed by atoms with E-state index >= 15 is 0 Å². The van der Waals surface area contributed by atoms with Crippen LogP contribution in [0.1, 0.15) is 104 Å². The Morgan fingerprint density at radius 3 is 1.65 bits per heavy atom. The molecule has 0 aliphatic carbocycles. The quantitative estimate of drug-likeness (QED) is 0.402. The van der Waals surface area contributed by atoms with Gasteiger partial charge in [0.1, 0.15) is 0 Å². The molecule has 0 heterocycles. The highest BCUT2D eigenvalue weighted by Gasteiger charge is 2.13.